The summed E-state index contributed by atoms with van der Waals surface area (Å²) < 4.78 is 7.41. The van der Waals surface area contributed by atoms with Crippen LogP contribution in [0.3, 0.4) is 0 Å². The second kappa shape index (κ2) is 9.14. The lowest BCUT2D eigenvalue weighted by Crippen LogP contribution is -2.40. The molecule has 2 heterocycles. The number of carbonyl (C=O) groups excluding carboxylic acids is 1. The number of thioether (sulfide) groups is 1. The minimum absolute atomic E-state index is 0.394. The molecule has 0 spiro atoms. The van der Waals surface area contributed by atoms with E-state index in [1.54, 1.807) is 16.4 Å². The van der Waals surface area contributed by atoms with Gasteiger partial charge in [-0.2, -0.15) is 4.98 Å². The number of nitrogens with one attached hydrogen (secondary N) is 1. The summed E-state index contributed by atoms with van der Waals surface area (Å²) in [6, 6.07) is 7.30. The van der Waals surface area contributed by atoms with Crippen molar-refractivity contribution in [2.45, 2.75) is 44.3 Å². The summed E-state index contributed by atoms with van der Waals surface area (Å²) in [5.74, 6) is 1.26. The van der Waals surface area contributed by atoms with Gasteiger partial charge in [-0.25, -0.2) is 4.68 Å². The second-order valence-electron chi connectivity index (χ2n) is 6.76. The number of hydrogen-bond acceptors (Lipinski definition) is 6. The number of rotatable bonds is 9. The SMILES string of the molecule is C=C1Nc2nc(SCCCC)nn2[C@H](c2ccc(OCCC)cc2)[C@@H]1C(N)=O. The van der Waals surface area contributed by atoms with Crippen LogP contribution in [0.4, 0.5) is 5.95 Å². The van der Waals surface area contributed by atoms with Crippen LogP contribution >= 0.6 is 11.8 Å². The van der Waals surface area contributed by atoms with Crippen molar-refractivity contribution in [2.75, 3.05) is 17.7 Å². The van der Waals surface area contributed by atoms with Gasteiger partial charge in [-0.3, -0.25) is 4.79 Å². The normalized spacial score (nSPS) is 18.4. The average Bonchev–Trinajstić information content (AvgIpc) is 3.08. The zero-order valence-corrected chi connectivity index (χ0v) is 17.2. The third-order valence-corrected chi connectivity index (χ3v) is 5.49. The maximum Gasteiger partial charge on any atom is 0.229 e. The summed E-state index contributed by atoms with van der Waals surface area (Å²) in [6.07, 6.45) is 3.16. The first-order chi connectivity index (χ1) is 13.5. The number of nitrogens with two attached hydrogens (primary N) is 1. The van der Waals surface area contributed by atoms with Gasteiger partial charge in [-0.15, -0.1) is 5.10 Å². The number of fused-ring (bicyclic) bond motifs is 1. The monoisotopic (exact) mass is 401 g/mol. The van der Waals surface area contributed by atoms with Crippen molar-refractivity contribution in [3.8, 4) is 5.75 Å². The van der Waals surface area contributed by atoms with Gasteiger partial charge in [0.05, 0.1) is 12.6 Å². The molecule has 1 aromatic heterocycles. The predicted molar refractivity (Wildman–Crippen MR) is 111 cm³/mol. The fourth-order valence-corrected chi connectivity index (χ4v) is 4.06. The van der Waals surface area contributed by atoms with E-state index in [1.807, 2.05) is 24.3 Å². The van der Waals surface area contributed by atoms with Crippen LogP contribution in [0.5, 0.6) is 5.75 Å². The van der Waals surface area contributed by atoms with Crippen molar-refractivity contribution in [1.29, 1.82) is 0 Å². The molecule has 1 aliphatic heterocycles. The standard InChI is InChI=1S/C20H27N5O2S/c1-4-6-12-28-20-23-19-22-13(3)16(18(21)26)17(25(19)24-20)14-7-9-15(10-8-14)27-11-5-2/h7-10,16-17H,3-6,11-12H2,1-2H3,(H2,21,26)(H,22,23,24)/t16-,17-/m1/s1. The van der Waals surface area contributed by atoms with E-state index in [0.29, 0.717) is 23.4 Å². The van der Waals surface area contributed by atoms with Crippen molar-refractivity contribution < 1.29 is 9.53 Å². The van der Waals surface area contributed by atoms with Gasteiger partial charge < -0.3 is 15.8 Å². The van der Waals surface area contributed by atoms with Crippen molar-refractivity contribution >= 4 is 23.6 Å². The summed E-state index contributed by atoms with van der Waals surface area (Å²) >= 11 is 1.61. The van der Waals surface area contributed by atoms with Gasteiger partial charge in [0.25, 0.3) is 0 Å². The summed E-state index contributed by atoms with van der Waals surface area (Å²) in [6.45, 7) is 8.89. The van der Waals surface area contributed by atoms with Gasteiger partial charge in [0.2, 0.25) is 17.0 Å². The lowest BCUT2D eigenvalue weighted by molar-refractivity contribution is -0.121. The van der Waals surface area contributed by atoms with E-state index in [2.05, 4.69) is 35.8 Å². The lowest BCUT2D eigenvalue weighted by Gasteiger charge is -2.32. The summed E-state index contributed by atoms with van der Waals surface area (Å²) in [7, 11) is 0. The number of anilines is 1. The van der Waals surface area contributed by atoms with Gasteiger partial charge in [0, 0.05) is 11.4 Å². The first-order valence-electron chi connectivity index (χ1n) is 9.62. The average molecular weight is 402 g/mol. The minimum atomic E-state index is -0.620. The predicted octanol–water partition coefficient (Wildman–Crippen LogP) is 3.59. The number of unbranched alkanes of at least 4 members (excludes halogenated alkanes) is 1. The van der Waals surface area contributed by atoms with Crippen molar-refractivity contribution in [3.63, 3.8) is 0 Å². The molecule has 0 saturated heterocycles. The van der Waals surface area contributed by atoms with Crippen LogP contribution < -0.4 is 15.8 Å². The van der Waals surface area contributed by atoms with Crippen LogP contribution in [-0.2, 0) is 4.79 Å². The molecule has 2 atom stereocenters. The highest BCUT2D eigenvalue weighted by molar-refractivity contribution is 7.99. The molecule has 2 aromatic rings. The molecule has 3 N–H and O–H groups in total. The Bertz CT molecular complexity index is 834. The van der Waals surface area contributed by atoms with Crippen LogP contribution in [0.15, 0.2) is 41.7 Å². The number of primary amides is 1. The van der Waals surface area contributed by atoms with Crippen molar-refractivity contribution in [1.82, 2.24) is 14.8 Å². The molecule has 0 fully saturated rings. The molecule has 0 unspecified atom stereocenters. The fourth-order valence-electron chi connectivity index (χ4n) is 3.15. The third kappa shape index (κ3) is 4.32. The van der Waals surface area contributed by atoms with E-state index in [-0.39, 0.29) is 0 Å². The van der Waals surface area contributed by atoms with Gasteiger partial charge in [0.1, 0.15) is 11.7 Å². The van der Waals surface area contributed by atoms with Crippen LogP contribution in [0.2, 0.25) is 0 Å². The van der Waals surface area contributed by atoms with Crippen molar-refractivity contribution in [2.24, 2.45) is 11.7 Å². The van der Waals surface area contributed by atoms with Gasteiger partial charge in [-0.1, -0.05) is 50.7 Å². The van der Waals surface area contributed by atoms with E-state index < -0.39 is 17.9 Å². The Morgan fingerprint density at radius 2 is 2.07 bits per heavy atom. The van der Waals surface area contributed by atoms with Crippen LogP contribution in [-0.4, -0.2) is 33.0 Å². The van der Waals surface area contributed by atoms with Crippen LogP contribution in [0.25, 0.3) is 0 Å². The molecular weight excluding hydrogens is 374 g/mol. The van der Waals surface area contributed by atoms with E-state index in [4.69, 9.17) is 10.5 Å². The van der Waals surface area contributed by atoms with Gasteiger partial charge in [-0.05, 0) is 30.5 Å². The second-order valence-corrected chi connectivity index (χ2v) is 7.82. The largest absolute Gasteiger partial charge is 0.494 e. The first-order valence-corrected chi connectivity index (χ1v) is 10.6. The molecule has 0 bridgehead atoms. The number of nitrogens with zero attached hydrogens (tertiary/aromatic N) is 3. The van der Waals surface area contributed by atoms with Gasteiger partial charge >= 0.3 is 0 Å². The Balaban J connectivity index is 1.94. The number of aromatic nitrogens is 3. The van der Waals surface area contributed by atoms with Gasteiger partial charge in [0.15, 0.2) is 0 Å². The molecule has 7 nitrogen and oxygen atoms in total. The first kappa shape index (κ1) is 20.3. The third-order valence-electron chi connectivity index (χ3n) is 4.57. The van der Waals surface area contributed by atoms with Crippen LogP contribution in [0, 0.1) is 5.92 Å². The smallest absolute Gasteiger partial charge is 0.229 e. The Morgan fingerprint density at radius 1 is 1.32 bits per heavy atom. The quantitative estimate of drug-likeness (QED) is 0.492. The fraction of sp³-hybridized carbons (Fsp3) is 0.450. The molecule has 28 heavy (non-hydrogen) atoms. The van der Waals surface area contributed by atoms with E-state index in [1.165, 1.54) is 0 Å². The molecule has 3 rings (SSSR count). The molecule has 0 saturated carbocycles. The highest BCUT2D eigenvalue weighted by Gasteiger charge is 2.39. The Kier molecular flexibility index (Phi) is 6.61. The zero-order valence-electron chi connectivity index (χ0n) is 16.4. The zero-order chi connectivity index (χ0) is 20.1. The highest BCUT2D eigenvalue weighted by atomic mass is 32.2. The molecule has 0 aliphatic carbocycles. The van der Waals surface area contributed by atoms with Crippen LogP contribution in [0.1, 0.15) is 44.7 Å². The maximum atomic E-state index is 12.2. The Morgan fingerprint density at radius 3 is 2.71 bits per heavy atom. The van der Waals surface area contributed by atoms with E-state index in [0.717, 1.165) is 36.3 Å². The summed E-state index contributed by atoms with van der Waals surface area (Å²) in [5.41, 5.74) is 7.16. The number of benzene rings is 1. The Hall–Kier alpha value is -2.48. The Labute approximate surface area is 169 Å². The molecule has 1 aromatic carbocycles. The number of hydrogen-bond donors (Lipinski definition) is 2. The molecule has 8 heteroatoms. The lowest BCUT2D eigenvalue weighted by atomic mass is 9.89. The topological polar surface area (TPSA) is 95.1 Å². The molecular formula is C20H27N5O2S. The van der Waals surface area contributed by atoms with E-state index >= 15 is 0 Å². The molecule has 150 valence electrons. The number of carbonyl (C=O) groups is 1. The number of ether oxygens (including phenoxy) is 1. The van der Waals surface area contributed by atoms with E-state index in [9.17, 15) is 4.79 Å². The summed E-state index contributed by atoms with van der Waals surface area (Å²) in [5, 5.41) is 8.42. The molecule has 0 radical (unpaired) electrons. The number of amides is 1. The summed E-state index contributed by atoms with van der Waals surface area (Å²) in [4.78, 5) is 16.8. The maximum absolute atomic E-state index is 12.2. The molecule has 1 amide bonds. The minimum Gasteiger partial charge on any atom is -0.494 e. The van der Waals surface area contributed by atoms with Crippen molar-refractivity contribution in [3.05, 3.63) is 42.1 Å². The highest BCUT2D eigenvalue weighted by Crippen LogP contribution is 2.38. The molecule has 1 aliphatic rings.